The fourth-order valence-electron chi connectivity index (χ4n) is 9.34. The summed E-state index contributed by atoms with van der Waals surface area (Å²) < 4.78 is 6.48. The van der Waals surface area contributed by atoms with Crippen LogP contribution in [-0.2, 0) is 5.41 Å². The molecule has 1 aromatic heterocycles. The summed E-state index contributed by atoms with van der Waals surface area (Å²) in [6.45, 7) is 4.76. The minimum Gasteiger partial charge on any atom is -0.455 e. The zero-order valence-corrected chi connectivity index (χ0v) is 29.1. The maximum atomic E-state index is 6.48. The number of rotatable bonds is 3. The van der Waals surface area contributed by atoms with E-state index in [0.717, 1.165) is 33.1 Å². The van der Waals surface area contributed by atoms with Crippen LogP contribution in [0, 0.1) is 0 Å². The Morgan fingerprint density at radius 2 is 0.962 bits per heavy atom. The third-order valence-electron chi connectivity index (χ3n) is 11.6. The van der Waals surface area contributed by atoms with Crippen molar-refractivity contribution in [1.29, 1.82) is 0 Å². The van der Waals surface area contributed by atoms with Gasteiger partial charge in [-0.05, 0) is 101 Å². The average molecular weight is 663 g/mol. The lowest BCUT2D eigenvalue weighted by molar-refractivity contribution is 0.666. The SMILES string of the molecule is CC1(C)c2ccc(-c3c4ccccc4c(-c4cccc(-c5cccc6c5oc5ccccc56)c4)c4ccccc34)cc2-c2ccc3ccccc3c21. The van der Waals surface area contributed by atoms with Crippen LogP contribution in [0.2, 0.25) is 0 Å². The molecule has 1 heteroatoms. The minimum absolute atomic E-state index is 0.0875. The summed E-state index contributed by atoms with van der Waals surface area (Å²) in [4.78, 5) is 0. The molecule has 0 fully saturated rings. The smallest absolute Gasteiger partial charge is 0.143 e. The van der Waals surface area contributed by atoms with E-state index in [0.29, 0.717) is 0 Å². The standard InChI is InChI=1S/C51H34O/c1-51(2)45-28-26-34(30-44(45)42-27-25-31-13-3-4-16-35(31)49(42)51)48-40-20-7-5-18-38(40)47(39-19-6-8-21-41(39)48)33-15-11-14-32(29-33)36-22-12-23-43-37-17-9-10-24-46(37)52-50(36)43/h3-30H,1-2H3. The van der Waals surface area contributed by atoms with Crippen molar-refractivity contribution in [3.8, 4) is 44.5 Å². The summed E-state index contributed by atoms with van der Waals surface area (Å²) in [5, 5.41) is 9.97. The number of hydrogen-bond donors (Lipinski definition) is 0. The number of hydrogen-bond acceptors (Lipinski definition) is 1. The molecule has 0 saturated carbocycles. The monoisotopic (exact) mass is 662 g/mol. The van der Waals surface area contributed by atoms with Crippen LogP contribution in [-0.4, -0.2) is 0 Å². The van der Waals surface area contributed by atoms with Crippen molar-refractivity contribution in [2.24, 2.45) is 0 Å². The van der Waals surface area contributed by atoms with E-state index >= 15 is 0 Å². The Bertz CT molecular complexity index is 3040. The Morgan fingerprint density at radius 1 is 0.385 bits per heavy atom. The molecular formula is C51H34O. The first-order chi connectivity index (χ1) is 25.6. The van der Waals surface area contributed by atoms with Crippen LogP contribution in [0.15, 0.2) is 174 Å². The Kier molecular flexibility index (Phi) is 6.08. The molecule has 11 rings (SSSR count). The van der Waals surface area contributed by atoms with Crippen LogP contribution in [0.25, 0.3) is 98.8 Å². The minimum atomic E-state index is -0.0875. The van der Waals surface area contributed by atoms with Gasteiger partial charge in [-0.25, -0.2) is 0 Å². The second-order valence-corrected chi connectivity index (χ2v) is 14.8. The molecule has 10 aromatic rings. The Hall–Kier alpha value is -6.44. The van der Waals surface area contributed by atoms with Gasteiger partial charge in [0, 0.05) is 21.8 Å². The first kappa shape index (κ1) is 29.3. The van der Waals surface area contributed by atoms with E-state index in [9.17, 15) is 0 Å². The zero-order chi connectivity index (χ0) is 34.6. The lowest BCUT2D eigenvalue weighted by Crippen LogP contribution is -2.15. The van der Waals surface area contributed by atoms with Crippen LogP contribution in [0.4, 0.5) is 0 Å². The van der Waals surface area contributed by atoms with Gasteiger partial charge in [0.25, 0.3) is 0 Å². The maximum absolute atomic E-state index is 6.48. The molecule has 52 heavy (non-hydrogen) atoms. The largest absolute Gasteiger partial charge is 0.455 e. The fourth-order valence-corrected chi connectivity index (χ4v) is 9.34. The highest BCUT2D eigenvalue weighted by atomic mass is 16.3. The van der Waals surface area contributed by atoms with E-state index in [4.69, 9.17) is 4.42 Å². The molecule has 1 aliphatic carbocycles. The van der Waals surface area contributed by atoms with Crippen LogP contribution in [0.3, 0.4) is 0 Å². The van der Waals surface area contributed by atoms with Crippen LogP contribution >= 0.6 is 0 Å². The fraction of sp³-hybridized carbons (Fsp3) is 0.0588. The topological polar surface area (TPSA) is 13.1 Å². The highest BCUT2D eigenvalue weighted by Gasteiger charge is 2.37. The molecule has 0 aliphatic heterocycles. The highest BCUT2D eigenvalue weighted by Crippen LogP contribution is 2.53. The lowest BCUT2D eigenvalue weighted by Gasteiger charge is -2.23. The first-order valence-electron chi connectivity index (χ1n) is 18.2. The summed E-state index contributed by atoms with van der Waals surface area (Å²) in [6, 6.07) is 62.4. The Balaban J connectivity index is 1.14. The molecule has 0 N–H and O–H groups in total. The van der Waals surface area contributed by atoms with Gasteiger partial charge in [-0.15, -0.1) is 0 Å². The van der Waals surface area contributed by atoms with E-state index < -0.39 is 0 Å². The zero-order valence-electron chi connectivity index (χ0n) is 29.1. The van der Waals surface area contributed by atoms with Gasteiger partial charge in [0.05, 0.1) is 0 Å². The molecule has 1 heterocycles. The number of fused-ring (bicyclic) bond motifs is 10. The van der Waals surface area contributed by atoms with Crippen LogP contribution in [0.5, 0.6) is 0 Å². The second kappa shape index (κ2) is 10.8. The predicted molar refractivity (Wildman–Crippen MR) is 220 cm³/mol. The van der Waals surface area contributed by atoms with Gasteiger partial charge in [0.1, 0.15) is 11.2 Å². The van der Waals surface area contributed by atoms with Crippen molar-refractivity contribution < 1.29 is 4.42 Å². The van der Waals surface area contributed by atoms with Crippen molar-refractivity contribution in [2.75, 3.05) is 0 Å². The quantitative estimate of drug-likeness (QED) is 0.172. The van der Waals surface area contributed by atoms with Crippen molar-refractivity contribution in [3.63, 3.8) is 0 Å². The molecule has 1 nitrogen and oxygen atoms in total. The molecule has 0 amide bonds. The molecule has 0 atom stereocenters. The number of benzene rings is 9. The number of para-hydroxylation sites is 2. The molecule has 0 saturated heterocycles. The van der Waals surface area contributed by atoms with Crippen molar-refractivity contribution in [3.05, 3.63) is 181 Å². The third-order valence-corrected chi connectivity index (χ3v) is 11.6. The summed E-state index contributed by atoms with van der Waals surface area (Å²) in [5.74, 6) is 0. The van der Waals surface area contributed by atoms with E-state index in [1.807, 2.05) is 6.07 Å². The van der Waals surface area contributed by atoms with E-state index in [2.05, 4.69) is 178 Å². The van der Waals surface area contributed by atoms with Gasteiger partial charge in [-0.3, -0.25) is 0 Å². The second-order valence-electron chi connectivity index (χ2n) is 14.8. The molecule has 9 aromatic carbocycles. The molecular weight excluding hydrogens is 629 g/mol. The molecule has 0 bridgehead atoms. The number of furan rings is 1. The Labute approximate surface area is 302 Å². The average Bonchev–Trinajstić information content (AvgIpc) is 3.68. The molecule has 0 radical (unpaired) electrons. The summed E-state index contributed by atoms with van der Waals surface area (Å²) in [7, 11) is 0. The Morgan fingerprint density at radius 3 is 1.69 bits per heavy atom. The van der Waals surface area contributed by atoms with Gasteiger partial charge in [-0.1, -0.05) is 166 Å². The summed E-state index contributed by atoms with van der Waals surface area (Å²) in [5.41, 5.74) is 14.5. The van der Waals surface area contributed by atoms with Gasteiger partial charge < -0.3 is 4.42 Å². The lowest BCUT2D eigenvalue weighted by atomic mass is 9.80. The van der Waals surface area contributed by atoms with E-state index in [1.54, 1.807) is 0 Å². The highest BCUT2D eigenvalue weighted by molar-refractivity contribution is 6.22. The molecule has 244 valence electrons. The molecule has 1 aliphatic rings. The first-order valence-corrected chi connectivity index (χ1v) is 18.2. The van der Waals surface area contributed by atoms with Crippen LogP contribution < -0.4 is 0 Å². The van der Waals surface area contributed by atoms with E-state index in [-0.39, 0.29) is 5.41 Å². The van der Waals surface area contributed by atoms with Crippen molar-refractivity contribution in [1.82, 2.24) is 0 Å². The normalized spacial score (nSPS) is 13.3. The van der Waals surface area contributed by atoms with Crippen molar-refractivity contribution >= 4 is 54.3 Å². The summed E-state index contributed by atoms with van der Waals surface area (Å²) in [6.07, 6.45) is 0. The van der Waals surface area contributed by atoms with Gasteiger partial charge in [0.2, 0.25) is 0 Å². The van der Waals surface area contributed by atoms with Crippen molar-refractivity contribution in [2.45, 2.75) is 19.3 Å². The van der Waals surface area contributed by atoms with Gasteiger partial charge >= 0.3 is 0 Å². The third kappa shape index (κ3) is 4.05. The summed E-state index contributed by atoms with van der Waals surface area (Å²) >= 11 is 0. The van der Waals surface area contributed by atoms with E-state index in [1.165, 1.54) is 76.8 Å². The molecule has 0 unspecified atom stereocenters. The molecule has 0 spiro atoms. The van der Waals surface area contributed by atoms with Gasteiger partial charge in [0.15, 0.2) is 0 Å². The maximum Gasteiger partial charge on any atom is 0.143 e. The van der Waals surface area contributed by atoms with Crippen LogP contribution in [0.1, 0.15) is 25.0 Å². The van der Waals surface area contributed by atoms with Gasteiger partial charge in [-0.2, -0.15) is 0 Å². The predicted octanol–water partition coefficient (Wildman–Crippen LogP) is 14.4.